The third kappa shape index (κ3) is 3.07. The minimum absolute atomic E-state index is 0.0224. The van der Waals surface area contributed by atoms with E-state index in [1.54, 1.807) is 30.9 Å². The Bertz CT molecular complexity index is 1030. The monoisotopic (exact) mass is 358 g/mol. The number of anilines is 1. The molecule has 1 atom stereocenters. The molecule has 3 heterocycles. The van der Waals surface area contributed by atoms with Gasteiger partial charge in [-0.15, -0.1) is 0 Å². The molecule has 27 heavy (non-hydrogen) atoms. The van der Waals surface area contributed by atoms with Crippen LogP contribution in [-0.4, -0.2) is 29.6 Å². The third-order valence-electron chi connectivity index (χ3n) is 4.05. The van der Waals surface area contributed by atoms with E-state index in [1.165, 1.54) is 6.20 Å². The molecule has 0 radical (unpaired) electrons. The summed E-state index contributed by atoms with van der Waals surface area (Å²) in [4.78, 5) is 12.9. The summed E-state index contributed by atoms with van der Waals surface area (Å²) in [7, 11) is 0. The number of nitrogens with one attached hydrogen (secondary N) is 1. The van der Waals surface area contributed by atoms with Crippen molar-refractivity contribution < 1.29 is 4.74 Å². The van der Waals surface area contributed by atoms with Crippen LogP contribution in [0.3, 0.4) is 0 Å². The van der Waals surface area contributed by atoms with E-state index in [2.05, 4.69) is 26.4 Å². The van der Waals surface area contributed by atoms with Crippen LogP contribution in [0.4, 0.5) is 11.4 Å². The molecule has 8 nitrogen and oxygen atoms in total. The Hall–Kier alpha value is -3.83. The molecule has 1 aromatic carbocycles. The van der Waals surface area contributed by atoms with E-state index >= 15 is 0 Å². The van der Waals surface area contributed by atoms with Crippen LogP contribution < -0.4 is 14.6 Å². The third-order valence-corrected chi connectivity index (χ3v) is 4.05. The first-order chi connectivity index (χ1) is 13.2. The van der Waals surface area contributed by atoms with E-state index in [4.69, 9.17) is 9.84 Å². The maximum absolute atomic E-state index is 9.18. The molecule has 2 aliphatic heterocycles. The Morgan fingerprint density at radius 2 is 2.07 bits per heavy atom. The van der Waals surface area contributed by atoms with Gasteiger partial charge < -0.3 is 10.1 Å². The largest absolute Gasteiger partial charge is 0.494 e. The zero-order chi connectivity index (χ0) is 18.7. The molecule has 4 rings (SSSR count). The topological polar surface area (TPSA) is 95.0 Å². The first-order valence-electron chi connectivity index (χ1n) is 8.38. The van der Waals surface area contributed by atoms with Crippen LogP contribution in [0, 0.1) is 11.3 Å². The normalized spacial score (nSPS) is 19.7. The maximum atomic E-state index is 9.18. The molecule has 1 N–H and O–H groups in total. The number of aromatic nitrogens is 1. The number of rotatable bonds is 4. The number of benzene rings is 1. The molecule has 0 amide bonds. The number of aliphatic imine (C=N–C) groups is 2. The zero-order valence-electron chi connectivity index (χ0n) is 14.6. The molecular formula is C19H16N7O+. The molecule has 0 saturated heterocycles. The van der Waals surface area contributed by atoms with Crippen LogP contribution in [0.15, 0.2) is 70.2 Å². The zero-order valence-corrected chi connectivity index (χ0v) is 14.6. The summed E-state index contributed by atoms with van der Waals surface area (Å²) < 4.78 is 5.43. The van der Waals surface area contributed by atoms with Crippen LogP contribution in [0.2, 0.25) is 0 Å². The highest BCUT2D eigenvalue weighted by Gasteiger charge is 2.43. The average molecular weight is 358 g/mol. The van der Waals surface area contributed by atoms with Gasteiger partial charge in [-0.3, -0.25) is 9.98 Å². The van der Waals surface area contributed by atoms with E-state index in [-0.39, 0.29) is 4.59 Å². The van der Waals surface area contributed by atoms with Crippen LogP contribution in [0.5, 0.6) is 5.75 Å². The van der Waals surface area contributed by atoms with Crippen LogP contribution in [-0.2, 0) is 0 Å². The number of fused-ring (bicyclic) bond motifs is 1. The fraction of sp³-hybridized carbons (Fsp3) is 0.105. The van der Waals surface area contributed by atoms with Gasteiger partial charge >= 0.3 is 0 Å². The second-order valence-electron chi connectivity index (χ2n) is 5.78. The second-order valence-corrected chi connectivity index (χ2v) is 5.78. The highest BCUT2D eigenvalue weighted by molar-refractivity contribution is 6.38. The first kappa shape index (κ1) is 16.6. The van der Waals surface area contributed by atoms with Gasteiger partial charge in [-0.2, -0.15) is 10.3 Å². The van der Waals surface area contributed by atoms with Gasteiger partial charge in [0.05, 0.1) is 24.6 Å². The van der Waals surface area contributed by atoms with E-state index in [9.17, 15) is 5.26 Å². The molecule has 0 spiro atoms. The number of guanidine groups is 1. The lowest BCUT2D eigenvalue weighted by Crippen LogP contribution is -2.44. The number of hydrogen-bond acceptors (Lipinski definition) is 7. The average Bonchev–Trinajstić information content (AvgIpc) is 3.09. The number of pyridine rings is 1. The van der Waals surface area contributed by atoms with Gasteiger partial charge in [-0.25, -0.2) is 0 Å². The summed E-state index contributed by atoms with van der Waals surface area (Å²) >= 11 is 0. The number of amidine groups is 1. The molecule has 8 heteroatoms. The van der Waals surface area contributed by atoms with Crippen molar-refractivity contribution in [3.05, 3.63) is 60.7 Å². The summed E-state index contributed by atoms with van der Waals surface area (Å²) in [5, 5.41) is 17.1. The lowest BCUT2D eigenvalue weighted by molar-refractivity contribution is 0.340. The summed E-state index contributed by atoms with van der Waals surface area (Å²) in [6.45, 7) is 2.56. The van der Waals surface area contributed by atoms with Crippen LogP contribution in [0.1, 0.15) is 12.5 Å². The summed E-state index contributed by atoms with van der Waals surface area (Å²) in [5.41, 5.74) is 2.00. The molecule has 0 saturated carbocycles. The lowest BCUT2D eigenvalue weighted by Gasteiger charge is -2.23. The fourth-order valence-electron chi connectivity index (χ4n) is 2.81. The molecule has 132 valence electrons. The Balaban J connectivity index is 1.67. The quantitative estimate of drug-likeness (QED) is 0.850. The van der Waals surface area contributed by atoms with E-state index in [0.717, 1.165) is 11.4 Å². The van der Waals surface area contributed by atoms with Gasteiger partial charge in [0.2, 0.25) is 0 Å². The van der Waals surface area contributed by atoms with Crippen molar-refractivity contribution in [2.24, 2.45) is 15.1 Å². The lowest BCUT2D eigenvalue weighted by atomic mass is 10.2. The Kier molecular flexibility index (Phi) is 4.20. The molecule has 2 aromatic rings. The maximum Gasteiger partial charge on any atom is 0.287 e. The summed E-state index contributed by atoms with van der Waals surface area (Å²) in [6, 6.07) is 11.4. The van der Waals surface area contributed by atoms with Gasteiger partial charge in [0.1, 0.15) is 18.0 Å². The minimum Gasteiger partial charge on any atom is -0.494 e. The number of ether oxygens (including phenoxy) is 1. The molecule has 0 bridgehead atoms. The van der Waals surface area contributed by atoms with Gasteiger partial charge in [0.15, 0.2) is 11.9 Å². The van der Waals surface area contributed by atoms with E-state index < -0.39 is 0 Å². The number of hydrogen-bond donors (Lipinski definition) is 1. The Morgan fingerprint density at radius 1 is 1.22 bits per heavy atom. The molecule has 0 aliphatic carbocycles. The smallest absolute Gasteiger partial charge is 0.287 e. The van der Waals surface area contributed by atoms with Crippen molar-refractivity contribution in [1.29, 1.82) is 5.26 Å². The van der Waals surface area contributed by atoms with Gasteiger partial charge in [-0.1, -0.05) is 4.59 Å². The SMILES string of the molecule is CCOc1ccc(NC2=N[N+]3(c4cncc(C#N)c4)C=CN=CC3=N2)cc1. The Morgan fingerprint density at radius 3 is 2.85 bits per heavy atom. The van der Waals surface area contributed by atoms with Crippen molar-refractivity contribution in [3.8, 4) is 11.8 Å². The van der Waals surface area contributed by atoms with Crippen molar-refractivity contribution in [1.82, 2.24) is 9.58 Å². The number of nitriles is 1. The second kappa shape index (κ2) is 6.82. The van der Waals surface area contributed by atoms with Crippen molar-refractivity contribution in [2.45, 2.75) is 6.92 Å². The van der Waals surface area contributed by atoms with E-state index in [0.29, 0.717) is 29.7 Å². The van der Waals surface area contributed by atoms with E-state index in [1.807, 2.05) is 31.2 Å². The van der Waals surface area contributed by atoms with Crippen molar-refractivity contribution in [2.75, 3.05) is 11.9 Å². The molecular weight excluding hydrogens is 342 g/mol. The van der Waals surface area contributed by atoms with Crippen LogP contribution in [0.25, 0.3) is 0 Å². The fourth-order valence-corrected chi connectivity index (χ4v) is 2.81. The standard InChI is InChI=1S/C19H16N7O/c1-2-27-17-5-3-15(4-6-17)23-19-24-18-13-21-7-8-26(18,25-19)16-9-14(10-20)11-22-12-16/h3-9,11-13H,2H2,1H3,(H,23,25)/q+1. The predicted octanol–water partition coefficient (Wildman–Crippen LogP) is 3.01. The van der Waals surface area contributed by atoms with Crippen LogP contribution >= 0.6 is 0 Å². The first-order valence-corrected chi connectivity index (χ1v) is 8.38. The molecule has 1 unspecified atom stereocenters. The van der Waals surface area contributed by atoms with Gasteiger partial charge in [0.25, 0.3) is 11.8 Å². The highest BCUT2D eigenvalue weighted by Crippen LogP contribution is 2.31. The van der Waals surface area contributed by atoms with Gasteiger partial charge in [-0.05, 0) is 36.3 Å². The molecule has 0 fully saturated rings. The van der Waals surface area contributed by atoms with Crippen molar-refractivity contribution in [3.63, 3.8) is 0 Å². The Labute approximate surface area is 156 Å². The van der Waals surface area contributed by atoms with Crippen molar-refractivity contribution >= 4 is 29.4 Å². The minimum atomic E-state index is -0.0224. The molecule has 1 aromatic heterocycles. The number of quaternary nitrogens is 1. The number of nitrogens with zero attached hydrogens (tertiary/aromatic N) is 6. The highest BCUT2D eigenvalue weighted by atomic mass is 16.5. The predicted molar refractivity (Wildman–Crippen MR) is 104 cm³/mol. The van der Waals surface area contributed by atoms with Gasteiger partial charge in [0, 0.05) is 18.0 Å². The summed E-state index contributed by atoms with van der Waals surface area (Å²) in [5.74, 6) is 1.86. The summed E-state index contributed by atoms with van der Waals surface area (Å²) in [6.07, 6.45) is 8.28. The molecule has 2 aliphatic rings.